The van der Waals surface area contributed by atoms with Gasteiger partial charge < -0.3 is 9.47 Å². The van der Waals surface area contributed by atoms with Gasteiger partial charge in [-0.25, -0.2) is 4.39 Å². The molecule has 0 aromatic heterocycles. The van der Waals surface area contributed by atoms with Gasteiger partial charge in [0, 0.05) is 4.47 Å². The summed E-state index contributed by atoms with van der Waals surface area (Å²) in [6.07, 6.45) is 1.38. The van der Waals surface area contributed by atoms with Gasteiger partial charge in [-0.15, -0.1) is 0 Å². The maximum atomic E-state index is 13.8. The van der Waals surface area contributed by atoms with Crippen molar-refractivity contribution in [3.63, 3.8) is 0 Å². The highest BCUT2D eigenvalue weighted by Crippen LogP contribution is 2.34. The van der Waals surface area contributed by atoms with Crippen molar-refractivity contribution in [3.8, 4) is 17.6 Å². The summed E-state index contributed by atoms with van der Waals surface area (Å²) in [6.45, 7) is 0. The molecule has 122 valence electrons. The number of ether oxygens (including phenoxy) is 2. The maximum absolute atomic E-state index is 13.8. The first-order valence-corrected chi connectivity index (χ1v) is 7.63. The summed E-state index contributed by atoms with van der Waals surface area (Å²) >= 11 is 3.35. The number of Topliss-reactive ketones (excluding diaryl/α,β-unsaturated/α-hetero) is 1. The third-order valence-corrected chi connectivity index (χ3v) is 3.97. The second kappa shape index (κ2) is 7.75. The molecule has 0 atom stereocenters. The van der Waals surface area contributed by atoms with Gasteiger partial charge in [0.25, 0.3) is 0 Å². The molecule has 6 heteroatoms. The van der Waals surface area contributed by atoms with Crippen molar-refractivity contribution in [3.05, 3.63) is 63.4 Å². The van der Waals surface area contributed by atoms with Gasteiger partial charge in [-0.1, -0.05) is 28.1 Å². The first-order chi connectivity index (χ1) is 11.5. The lowest BCUT2D eigenvalue weighted by molar-refractivity contribution is 0.103. The monoisotopic (exact) mass is 389 g/mol. The first-order valence-electron chi connectivity index (χ1n) is 6.84. The van der Waals surface area contributed by atoms with E-state index in [9.17, 15) is 14.4 Å². The number of allylic oxidation sites excluding steroid dienone is 1. The third-order valence-electron chi connectivity index (χ3n) is 3.29. The van der Waals surface area contributed by atoms with E-state index in [2.05, 4.69) is 15.9 Å². The Labute approximate surface area is 147 Å². The van der Waals surface area contributed by atoms with Gasteiger partial charge in [0.1, 0.15) is 17.5 Å². The van der Waals surface area contributed by atoms with Crippen LogP contribution in [0.1, 0.15) is 15.9 Å². The normalized spacial score (nSPS) is 10.9. The molecule has 0 bridgehead atoms. The largest absolute Gasteiger partial charge is 0.493 e. The topological polar surface area (TPSA) is 59.3 Å². The number of ketones is 1. The standard InChI is InChI=1S/C18H13BrFNO3/c1-23-16-8-11(14(19)9-17(16)24-2)7-12(10-21)18(22)13-5-3-4-6-15(13)20/h3-9H,1-2H3/b12-7+. The number of halogens is 2. The van der Waals surface area contributed by atoms with Crippen LogP contribution < -0.4 is 9.47 Å². The highest BCUT2D eigenvalue weighted by molar-refractivity contribution is 9.10. The lowest BCUT2D eigenvalue weighted by Gasteiger charge is -2.10. The van der Waals surface area contributed by atoms with Gasteiger partial charge in [0.05, 0.1) is 19.8 Å². The van der Waals surface area contributed by atoms with Gasteiger partial charge in [-0.3, -0.25) is 4.79 Å². The Bertz CT molecular complexity index is 856. The van der Waals surface area contributed by atoms with E-state index in [-0.39, 0.29) is 11.1 Å². The second-order valence-corrected chi connectivity index (χ2v) is 5.56. The lowest BCUT2D eigenvalue weighted by atomic mass is 10.0. The number of benzene rings is 2. The molecule has 0 unspecified atom stereocenters. The van der Waals surface area contributed by atoms with Gasteiger partial charge in [0.2, 0.25) is 5.78 Å². The Hall–Kier alpha value is -2.65. The van der Waals surface area contributed by atoms with E-state index >= 15 is 0 Å². The van der Waals surface area contributed by atoms with Crippen LogP contribution in [0.2, 0.25) is 0 Å². The average Bonchev–Trinajstić information content (AvgIpc) is 2.60. The summed E-state index contributed by atoms with van der Waals surface area (Å²) in [4.78, 5) is 12.4. The van der Waals surface area contributed by atoms with Crippen molar-refractivity contribution in [1.29, 1.82) is 5.26 Å². The predicted octanol–water partition coefficient (Wildman–Crippen LogP) is 4.40. The molecular weight excluding hydrogens is 377 g/mol. The minimum atomic E-state index is -0.683. The summed E-state index contributed by atoms with van der Waals surface area (Å²) in [5.74, 6) is -0.407. The molecule has 24 heavy (non-hydrogen) atoms. The van der Waals surface area contributed by atoms with Crippen LogP contribution in [-0.2, 0) is 0 Å². The molecule has 4 nitrogen and oxygen atoms in total. The van der Waals surface area contributed by atoms with Gasteiger partial charge >= 0.3 is 0 Å². The summed E-state index contributed by atoms with van der Waals surface area (Å²) in [5, 5.41) is 9.30. The number of rotatable bonds is 5. The van der Waals surface area contributed by atoms with Crippen molar-refractivity contribution in [2.75, 3.05) is 14.2 Å². The quantitative estimate of drug-likeness (QED) is 0.432. The van der Waals surface area contributed by atoms with Crippen LogP contribution in [0.3, 0.4) is 0 Å². The predicted molar refractivity (Wildman–Crippen MR) is 91.6 cm³/mol. The molecule has 0 heterocycles. The van der Waals surface area contributed by atoms with E-state index in [1.807, 2.05) is 6.07 Å². The van der Waals surface area contributed by atoms with Gasteiger partial charge in [0.15, 0.2) is 11.5 Å². The van der Waals surface area contributed by atoms with Crippen molar-refractivity contribution >= 4 is 27.8 Å². The Kier molecular flexibility index (Phi) is 5.72. The molecule has 0 fully saturated rings. The van der Waals surface area contributed by atoms with Gasteiger partial charge in [-0.2, -0.15) is 5.26 Å². The number of nitriles is 1. The molecule has 0 saturated carbocycles. The van der Waals surface area contributed by atoms with Crippen molar-refractivity contribution < 1.29 is 18.7 Å². The molecule has 0 aliphatic heterocycles. The molecule has 0 spiro atoms. The van der Waals surface area contributed by atoms with Crippen LogP contribution in [-0.4, -0.2) is 20.0 Å². The fourth-order valence-corrected chi connectivity index (χ4v) is 2.51. The molecular formula is C18H13BrFNO3. The molecule has 0 N–H and O–H groups in total. The number of methoxy groups -OCH3 is 2. The summed E-state index contributed by atoms with van der Waals surface area (Å²) < 4.78 is 24.8. The maximum Gasteiger partial charge on any atom is 0.206 e. The molecule has 2 rings (SSSR count). The Balaban J connectivity index is 2.50. The minimum absolute atomic E-state index is 0.151. The highest BCUT2D eigenvalue weighted by Gasteiger charge is 2.17. The Morgan fingerprint density at radius 2 is 1.83 bits per heavy atom. The first kappa shape index (κ1) is 17.7. The zero-order chi connectivity index (χ0) is 17.7. The fourth-order valence-electron chi connectivity index (χ4n) is 2.08. The van der Waals surface area contributed by atoms with E-state index in [0.29, 0.717) is 21.5 Å². The zero-order valence-corrected chi connectivity index (χ0v) is 14.6. The lowest BCUT2D eigenvalue weighted by Crippen LogP contribution is -2.04. The van der Waals surface area contributed by atoms with E-state index in [0.717, 1.165) is 0 Å². The summed E-state index contributed by atoms with van der Waals surface area (Å²) in [7, 11) is 2.98. The number of hydrogen-bond acceptors (Lipinski definition) is 4. The van der Waals surface area contributed by atoms with Crippen molar-refractivity contribution in [1.82, 2.24) is 0 Å². The number of carbonyl (C=O) groups excluding carboxylic acids is 1. The zero-order valence-electron chi connectivity index (χ0n) is 13.0. The summed E-state index contributed by atoms with van der Waals surface area (Å²) in [5.41, 5.74) is 0.198. The van der Waals surface area contributed by atoms with Crippen LogP contribution in [0.5, 0.6) is 11.5 Å². The second-order valence-electron chi connectivity index (χ2n) is 4.71. The van der Waals surface area contributed by atoms with Crippen LogP contribution in [0.25, 0.3) is 6.08 Å². The molecule has 2 aromatic carbocycles. The van der Waals surface area contributed by atoms with E-state index in [1.165, 1.54) is 44.6 Å². The molecule has 0 saturated heterocycles. The number of hydrogen-bond donors (Lipinski definition) is 0. The van der Waals surface area contributed by atoms with Crippen LogP contribution in [0.15, 0.2) is 46.4 Å². The smallest absolute Gasteiger partial charge is 0.206 e. The number of carbonyl (C=O) groups is 1. The Morgan fingerprint density at radius 1 is 1.21 bits per heavy atom. The van der Waals surface area contributed by atoms with Gasteiger partial charge in [-0.05, 0) is 35.9 Å². The van der Waals surface area contributed by atoms with Crippen LogP contribution >= 0.6 is 15.9 Å². The highest BCUT2D eigenvalue weighted by atomic mass is 79.9. The van der Waals surface area contributed by atoms with Crippen LogP contribution in [0, 0.1) is 17.1 Å². The minimum Gasteiger partial charge on any atom is -0.493 e. The molecule has 0 amide bonds. The number of nitrogens with zero attached hydrogens (tertiary/aromatic N) is 1. The van der Waals surface area contributed by atoms with E-state index in [1.54, 1.807) is 12.1 Å². The van der Waals surface area contributed by atoms with E-state index < -0.39 is 11.6 Å². The molecule has 0 radical (unpaired) electrons. The molecule has 0 aliphatic carbocycles. The Morgan fingerprint density at radius 3 is 2.42 bits per heavy atom. The fraction of sp³-hybridized carbons (Fsp3) is 0.111. The molecule has 2 aromatic rings. The van der Waals surface area contributed by atoms with Crippen LogP contribution in [0.4, 0.5) is 4.39 Å². The molecule has 0 aliphatic rings. The van der Waals surface area contributed by atoms with E-state index in [4.69, 9.17) is 9.47 Å². The van der Waals surface area contributed by atoms with Crippen molar-refractivity contribution in [2.24, 2.45) is 0 Å². The summed E-state index contributed by atoms with van der Waals surface area (Å²) in [6, 6.07) is 10.6. The SMILES string of the molecule is COc1cc(Br)c(/C=C(\C#N)C(=O)c2ccccc2F)cc1OC. The third kappa shape index (κ3) is 3.63. The van der Waals surface area contributed by atoms with Crippen molar-refractivity contribution in [2.45, 2.75) is 0 Å². The average molecular weight is 390 g/mol.